The van der Waals surface area contributed by atoms with E-state index in [2.05, 4.69) is 21.2 Å². The molecule has 1 atom stereocenters. The molecule has 1 aromatic rings. The Morgan fingerprint density at radius 1 is 1.42 bits per heavy atom. The van der Waals surface area contributed by atoms with Gasteiger partial charge in [0.25, 0.3) is 5.91 Å². The predicted octanol–water partition coefficient (Wildman–Crippen LogP) is 3.12. The summed E-state index contributed by atoms with van der Waals surface area (Å²) in [5.74, 6) is -0.936. The lowest BCUT2D eigenvalue weighted by molar-refractivity contribution is 0.0813. The van der Waals surface area contributed by atoms with Gasteiger partial charge in [-0.05, 0) is 24.1 Å². The van der Waals surface area contributed by atoms with E-state index in [1.165, 1.54) is 12.1 Å². The minimum Gasteiger partial charge on any atom is -0.391 e. The Bertz CT molecular complexity index is 435. The number of rotatable bonds is 6. The van der Waals surface area contributed by atoms with E-state index in [4.69, 9.17) is 0 Å². The summed E-state index contributed by atoms with van der Waals surface area (Å²) in [6.45, 7) is 4.13. The topological polar surface area (TPSA) is 49.3 Å². The van der Waals surface area contributed by atoms with Gasteiger partial charge in [-0.25, -0.2) is 4.39 Å². The summed E-state index contributed by atoms with van der Waals surface area (Å²) in [6, 6.07) is 4.26. The number of hydrogen-bond acceptors (Lipinski definition) is 2. The first-order valence-electron chi connectivity index (χ1n) is 6.40. The van der Waals surface area contributed by atoms with E-state index in [9.17, 15) is 14.3 Å². The number of carbonyl (C=O) groups excluding carboxylic acids is 1. The van der Waals surface area contributed by atoms with Crippen LogP contribution in [-0.4, -0.2) is 23.7 Å². The van der Waals surface area contributed by atoms with Gasteiger partial charge in [0.05, 0.1) is 11.7 Å². The van der Waals surface area contributed by atoms with Gasteiger partial charge in [-0.15, -0.1) is 0 Å². The molecule has 0 saturated heterocycles. The molecule has 5 heteroatoms. The maximum absolute atomic E-state index is 13.6. The highest BCUT2D eigenvalue weighted by atomic mass is 79.9. The molecule has 0 aliphatic heterocycles. The fraction of sp³-hybridized carbons (Fsp3) is 0.500. The summed E-state index contributed by atoms with van der Waals surface area (Å²) in [4.78, 5) is 11.8. The Labute approximate surface area is 121 Å². The van der Waals surface area contributed by atoms with Crippen LogP contribution in [0, 0.1) is 11.7 Å². The maximum Gasteiger partial charge on any atom is 0.254 e. The van der Waals surface area contributed by atoms with Crippen molar-refractivity contribution in [3.63, 3.8) is 0 Å². The first-order chi connectivity index (χ1) is 8.99. The minimum atomic E-state index is -0.600. The number of nitrogens with one attached hydrogen (secondary N) is 1. The van der Waals surface area contributed by atoms with E-state index in [1.807, 2.05) is 13.8 Å². The number of benzene rings is 1. The summed E-state index contributed by atoms with van der Waals surface area (Å²) in [7, 11) is 0. The summed E-state index contributed by atoms with van der Waals surface area (Å²) in [5.41, 5.74) is -0.0139. The van der Waals surface area contributed by atoms with Crippen molar-refractivity contribution >= 4 is 21.8 Å². The molecule has 0 aromatic heterocycles. The third-order valence-corrected chi connectivity index (χ3v) is 3.73. The van der Waals surface area contributed by atoms with Crippen LogP contribution < -0.4 is 5.32 Å². The molecule has 0 aliphatic carbocycles. The number of hydrogen-bond donors (Lipinski definition) is 2. The quantitative estimate of drug-likeness (QED) is 0.841. The van der Waals surface area contributed by atoms with Crippen molar-refractivity contribution in [2.24, 2.45) is 5.92 Å². The monoisotopic (exact) mass is 331 g/mol. The van der Waals surface area contributed by atoms with Crippen LogP contribution in [0.5, 0.6) is 0 Å². The van der Waals surface area contributed by atoms with Crippen molar-refractivity contribution in [2.75, 3.05) is 6.54 Å². The molecule has 1 aromatic carbocycles. The normalized spacial score (nSPS) is 12.5. The zero-order valence-electron chi connectivity index (χ0n) is 11.1. The fourth-order valence-corrected chi connectivity index (χ4v) is 2.30. The lowest BCUT2D eigenvalue weighted by Gasteiger charge is -2.20. The van der Waals surface area contributed by atoms with Gasteiger partial charge in [0.15, 0.2) is 0 Å². The average Bonchev–Trinajstić information content (AvgIpc) is 2.37. The van der Waals surface area contributed by atoms with Crippen LogP contribution in [0.4, 0.5) is 4.39 Å². The van der Waals surface area contributed by atoms with Gasteiger partial charge in [-0.1, -0.05) is 42.6 Å². The van der Waals surface area contributed by atoms with Crippen molar-refractivity contribution < 1.29 is 14.3 Å². The maximum atomic E-state index is 13.6. The number of aliphatic hydroxyl groups excluding tert-OH is 1. The predicted molar refractivity (Wildman–Crippen MR) is 76.5 cm³/mol. The van der Waals surface area contributed by atoms with Crippen molar-refractivity contribution in [1.82, 2.24) is 5.32 Å². The summed E-state index contributed by atoms with van der Waals surface area (Å²) in [6.07, 6.45) is 1.10. The van der Waals surface area contributed by atoms with Crippen LogP contribution in [0.25, 0.3) is 0 Å². The molecular formula is C14H19BrFNO2. The van der Waals surface area contributed by atoms with E-state index < -0.39 is 17.8 Å². The second kappa shape index (κ2) is 7.60. The van der Waals surface area contributed by atoms with Crippen LogP contribution in [0.15, 0.2) is 22.7 Å². The molecule has 3 nitrogen and oxygen atoms in total. The summed E-state index contributed by atoms with van der Waals surface area (Å²) < 4.78 is 14.1. The van der Waals surface area contributed by atoms with Gasteiger partial charge in [0.2, 0.25) is 0 Å². The third-order valence-electron chi connectivity index (χ3n) is 3.24. The summed E-state index contributed by atoms with van der Waals surface area (Å²) in [5, 5.41) is 12.5. The zero-order chi connectivity index (χ0) is 14.4. The Morgan fingerprint density at radius 2 is 2.05 bits per heavy atom. The van der Waals surface area contributed by atoms with Crippen LogP contribution in [-0.2, 0) is 0 Å². The molecule has 0 bridgehead atoms. The van der Waals surface area contributed by atoms with Gasteiger partial charge in [0, 0.05) is 11.0 Å². The highest BCUT2D eigenvalue weighted by Crippen LogP contribution is 2.16. The highest BCUT2D eigenvalue weighted by molar-refractivity contribution is 9.10. The van der Waals surface area contributed by atoms with E-state index in [1.54, 1.807) is 6.07 Å². The van der Waals surface area contributed by atoms with E-state index in [0.717, 1.165) is 12.8 Å². The zero-order valence-corrected chi connectivity index (χ0v) is 12.7. The third kappa shape index (κ3) is 4.58. The van der Waals surface area contributed by atoms with E-state index in [-0.39, 0.29) is 18.0 Å². The number of carbonyl (C=O) groups is 1. The molecule has 0 fully saturated rings. The van der Waals surface area contributed by atoms with Crippen molar-refractivity contribution in [2.45, 2.75) is 32.8 Å². The Morgan fingerprint density at radius 3 is 2.58 bits per heavy atom. The Hall–Kier alpha value is -0.940. The van der Waals surface area contributed by atoms with Crippen LogP contribution >= 0.6 is 15.9 Å². The lowest BCUT2D eigenvalue weighted by Crippen LogP contribution is -2.36. The van der Waals surface area contributed by atoms with Gasteiger partial charge in [-0.3, -0.25) is 4.79 Å². The minimum absolute atomic E-state index is 0.0139. The molecule has 0 radical (unpaired) electrons. The van der Waals surface area contributed by atoms with Crippen LogP contribution in [0.1, 0.15) is 37.0 Å². The molecule has 2 N–H and O–H groups in total. The van der Waals surface area contributed by atoms with Crippen LogP contribution in [0.2, 0.25) is 0 Å². The van der Waals surface area contributed by atoms with Crippen LogP contribution in [0.3, 0.4) is 0 Å². The molecule has 1 rings (SSSR count). The second-order valence-electron chi connectivity index (χ2n) is 4.48. The van der Waals surface area contributed by atoms with Crippen molar-refractivity contribution in [3.05, 3.63) is 34.1 Å². The Kier molecular flexibility index (Phi) is 6.45. The molecule has 19 heavy (non-hydrogen) atoms. The fourth-order valence-electron chi connectivity index (χ4n) is 1.97. The summed E-state index contributed by atoms with van der Waals surface area (Å²) >= 11 is 3.13. The van der Waals surface area contributed by atoms with Crippen molar-refractivity contribution in [3.8, 4) is 0 Å². The molecule has 1 amide bonds. The molecular weight excluding hydrogens is 313 g/mol. The highest BCUT2D eigenvalue weighted by Gasteiger charge is 2.18. The number of halogens is 2. The number of amides is 1. The molecule has 106 valence electrons. The molecule has 0 heterocycles. The SMILES string of the molecule is CCC(CC)C(O)CNC(=O)c1ccc(Br)cc1F. The van der Waals surface area contributed by atoms with E-state index >= 15 is 0 Å². The smallest absolute Gasteiger partial charge is 0.254 e. The average molecular weight is 332 g/mol. The largest absolute Gasteiger partial charge is 0.391 e. The van der Waals surface area contributed by atoms with Crippen molar-refractivity contribution in [1.29, 1.82) is 0 Å². The number of aliphatic hydroxyl groups is 1. The molecule has 0 spiro atoms. The van der Waals surface area contributed by atoms with Gasteiger partial charge in [0.1, 0.15) is 5.82 Å². The molecule has 1 unspecified atom stereocenters. The van der Waals surface area contributed by atoms with Gasteiger partial charge in [-0.2, -0.15) is 0 Å². The van der Waals surface area contributed by atoms with Gasteiger partial charge >= 0.3 is 0 Å². The Balaban J connectivity index is 2.60. The second-order valence-corrected chi connectivity index (χ2v) is 5.39. The first kappa shape index (κ1) is 16.1. The standard InChI is InChI=1S/C14H19BrFNO2/c1-3-9(4-2)13(18)8-17-14(19)11-6-5-10(15)7-12(11)16/h5-7,9,13,18H,3-4,8H2,1-2H3,(H,17,19). The first-order valence-corrected chi connectivity index (χ1v) is 7.20. The molecule has 0 aliphatic rings. The molecule has 0 saturated carbocycles. The van der Waals surface area contributed by atoms with Gasteiger partial charge < -0.3 is 10.4 Å². The van der Waals surface area contributed by atoms with E-state index in [0.29, 0.717) is 4.47 Å². The lowest BCUT2D eigenvalue weighted by atomic mass is 9.96.